The van der Waals surface area contributed by atoms with E-state index in [0.29, 0.717) is 30.1 Å². The van der Waals surface area contributed by atoms with Crippen LogP contribution in [0.15, 0.2) is 24.3 Å². The van der Waals surface area contributed by atoms with Gasteiger partial charge in [0.25, 0.3) is 0 Å². The van der Waals surface area contributed by atoms with Crippen molar-refractivity contribution in [3.63, 3.8) is 0 Å². The predicted octanol–water partition coefficient (Wildman–Crippen LogP) is 1.09. The topological polar surface area (TPSA) is 81.4 Å². The Kier molecular flexibility index (Phi) is 3.74. The van der Waals surface area contributed by atoms with Crippen molar-refractivity contribution in [3.8, 4) is 6.07 Å². The van der Waals surface area contributed by atoms with E-state index in [9.17, 15) is 13.5 Å². The first-order valence-corrected chi connectivity index (χ1v) is 8.75. The van der Waals surface area contributed by atoms with Crippen molar-refractivity contribution < 1.29 is 13.5 Å². The lowest BCUT2D eigenvalue weighted by molar-refractivity contribution is 0.129. The van der Waals surface area contributed by atoms with Gasteiger partial charge in [0.15, 0.2) is 0 Å². The second kappa shape index (κ2) is 5.41. The number of rotatable bonds is 3. The van der Waals surface area contributed by atoms with Gasteiger partial charge in [0.1, 0.15) is 0 Å². The van der Waals surface area contributed by atoms with Crippen molar-refractivity contribution in [3.05, 3.63) is 35.4 Å². The molecular weight excluding hydrogens is 288 g/mol. The lowest BCUT2D eigenvalue weighted by Crippen LogP contribution is -2.32. The molecule has 0 spiro atoms. The van der Waals surface area contributed by atoms with Gasteiger partial charge >= 0.3 is 0 Å². The molecule has 2 fully saturated rings. The van der Waals surface area contributed by atoms with Gasteiger partial charge in [-0.3, -0.25) is 0 Å². The third-order valence-corrected chi connectivity index (χ3v) is 6.37. The first kappa shape index (κ1) is 14.5. The maximum Gasteiger partial charge on any atom is 0.218 e. The van der Waals surface area contributed by atoms with E-state index in [4.69, 9.17) is 5.26 Å². The third kappa shape index (κ3) is 2.82. The number of nitrogens with zero attached hydrogens (tertiary/aromatic N) is 2. The molecule has 0 bridgehead atoms. The smallest absolute Gasteiger partial charge is 0.218 e. The van der Waals surface area contributed by atoms with Gasteiger partial charge in [-0.05, 0) is 36.5 Å². The molecule has 6 heteroatoms. The van der Waals surface area contributed by atoms with Gasteiger partial charge in [-0.1, -0.05) is 12.1 Å². The predicted molar refractivity (Wildman–Crippen MR) is 77.6 cm³/mol. The summed E-state index contributed by atoms with van der Waals surface area (Å²) < 4.78 is 26.5. The maximum absolute atomic E-state index is 12.5. The molecule has 0 radical (unpaired) electrons. The number of nitriles is 1. The highest BCUT2D eigenvalue weighted by Gasteiger charge is 2.45. The molecule has 21 heavy (non-hydrogen) atoms. The molecule has 3 unspecified atom stereocenters. The summed E-state index contributed by atoms with van der Waals surface area (Å²) in [7, 11) is -3.39. The fraction of sp³-hybridized carbons (Fsp3) is 0.533. The monoisotopic (exact) mass is 306 g/mol. The highest BCUT2D eigenvalue weighted by atomic mass is 32.2. The van der Waals surface area contributed by atoms with E-state index < -0.39 is 10.0 Å². The Morgan fingerprint density at radius 1 is 1.33 bits per heavy atom. The summed E-state index contributed by atoms with van der Waals surface area (Å²) in [4.78, 5) is 0. The summed E-state index contributed by atoms with van der Waals surface area (Å²) in [5, 5.41) is 18.8. The number of fused-ring (bicyclic) bond motifs is 1. The Bertz CT molecular complexity index is 680. The Labute approximate surface area is 124 Å². The average molecular weight is 306 g/mol. The Hall–Kier alpha value is -1.42. The van der Waals surface area contributed by atoms with Crippen molar-refractivity contribution in [1.29, 1.82) is 5.26 Å². The second-order valence-corrected chi connectivity index (χ2v) is 7.92. The molecule has 3 atom stereocenters. The minimum atomic E-state index is -3.39. The van der Waals surface area contributed by atoms with Crippen molar-refractivity contribution in [2.45, 2.75) is 24.7 Å². The summed E-state index contributed by atoms with van der Waals surface area (Å²) in [6.45, 7) is 0.939. The van der Waals surface area contributed by atoms with Crippen LogP contribution in [0.25, 0.3) is 0 Å². The zero-order valence-electron chi connectivity index (χ0n) is 11.6. The molecule has 3 rings (SSSR count). The van der Waals surface area contributed by atoms with Gasteiger partial charge in [0, 0.05) is 19.0 Å². The summed E-state index contributed by atoms with van der Waals surface area (Å²) >= 11 is 0. The SMILES string of the molecule is N#Cc1cccc(CS(=O)(=O)N2CC3CCC(O)C3C2)c1. The van der Waals surface area contributed by atoms with Gasteiger partial charge < -0.3 is 5.11 Å². The van der Waals surface area contributed by atoms with Gasteiger partial charge in [-0.15, -0.1) is 0 Å². The molecule has 112 valence electrons. The minimum absolute atomic E-state index is 0.0853. The van der Waals surface area contributed by atoms with Crippen molar-refractivity contribution in [2.75, 3.05) is 13.1 Å². The zero-order valence-corrected chi connectivity index (χ0v) is 12.5. The molecule has 1 saturated carbocycles. The molecule has 1 aromatic rings. The van der Waals surface area contributed by atoms with Crippen molar-refractivity contribution >= 4 is 10.0 Å². The molecule has 1 saturated heterocycles. The van der Waals surface area contributed by atoms with Crippen LogP contribution in [0.1, 0.15) is 24.0 Å². The fourth-order valence-corrected chi connectivity index (χ4v) is 5.06. The van der Waals surface area contributed by atoms with Gasteiger partial charge in [0.05, 0.1) is 23.5 Å². The van der Waals surface area contributed by atoms with Gasteiger partial charge in [-0.2, -0.15) is 5.26 Å². The number of benzene rings is 1. The molecule has 0 aromatic heterocycles. The second-order valence-electron chi connectivity index (χ2n) is 5.95. The molecule has 1 aliphatic carbocycles. The Balaban J connectivity index is 1.74. The maximum atomic E-state index is 12.5. The normalized spacial score (nSPS) is 29.2. The van der Waals surface area contributed by atoms with E-state index in [2.05, 4.69) is 0 Å². The molecule has 1 N–H and O–H groups in total. The number of aliphatic hydroxyl groups excluding tert-OH is 1. The molecule has 1 aliphatic heterocycles. The molecule has 1 heterocycles. The van der Waals surface area contributed by atoms with Crippen molar-refractivity contribution in [1.82, 2.24) is 4.31 Å². The highest BCUT2D eigenvalue weighted by molar-refractivity contribution is 7.88. The standard InChI is InChI=1S/C15H18N2O3S/c16-7-11-2-1-3-12(6-11)10-21(19,20)17-8-13-4-5-15(18)14(13)9-17/h1-3,6,13-15,18H,4-5,8-10H2. The van der Waals surface area contributed by atoms with E-state index in [0.717, 1.165) is 12.8 Å². The summed E-state index contributed by atoms with van der Waals surface area (Å²) in [5.74, 6) is 0.295. The van der Waals surface area contributed by atoms with Gasteiger partial charge in [0.2, 0.25) is 10.0 Å². The number of hydrogen-bond donors (Lipinski definition) is 1. The highest BCUT2D eigenvalue weighted by Crippen LogP contribution is 2.39. The van der Waals surface area contributed by atoms with Crippen LogP contribution in [0, 0.1) is 23.2 Å². The molecule has 2 aliphatic rings. The van der Waals surface area contributed by atoms with Crippen LogP contribution in [0.3, 0.4) is 0 Å². The average Bonchev–Trinajstić information content (AvgIpc) is 3.02. The third-order valence-electron chi connectivity index (χ3n) is 4.58. The number of sulfonamides is 1. The van der Waals surface area contributed by atoms with Crippen LogP contribution in [0.2, 0.25) is 0 Å². The van der Waals surface area contributed by atoms with Gasteiger partial charge in [-0.25, -0.2) is 12.7 Å². The summed E-state index contributed by atoms with van der Waals surface area (Å²) in [6, 6.07) is 8.72. The first-order chi connectivity index (χ1) is 9.99. The lowest BCUT2D eigenvalue weighted by Gasteiger charge is -2.18. The molecule has 5 nitrogen and oxygen atoms in total. The van der Waals surface area contributed by atoms with Crippen LogP contribution >= 0.6 is 0 Å². The molecular formula is C15H18N2O3S. The van der Waals surface area contributed by atoms with E-state index in [1.54, 1.807) is 24.3 Å². The fourth-order valence-electron chi connectivity index (χ4n) is 3.46. The lowest BCUT2D eigenvalue weighted by atomic mass is 10.00. The quantitative estimate of drug-likeness (QED) is 0.906. The Morgan fingerprint density at radius 3 is 2.86 bits per heavy atom. The molecule has 1 aromatic carbocycles. The molecule has 0 amide bonds. The zero-order chi connectivity index (χ0) is 15.0. The first-order valence-electron chi connectivity index (χ1n) is 7.14. The van der Waals surface area contributed by atoms with E-state index >= 15 is 0 Å². The summed E-state index contributed by atoms with van der Waals surface area (Å²) in [6.07, 6.45) is 1.33. The van der Waals surface area contributed by atoms with E-state index in [-0.39, 0.29) is 17.8 Å². The summed E-state index contributed by atoms with van der Waals surface area (Å²) in [5.41, 5.74) is 1.10. The number of hydrogen-bond acceptors (Lipinski definition) is 4. The Morgan fingerprint density at radius 2 is 2.14 bits per heavy atom. The van der Waals surface area contributed by atoms with E-state index in [1.807, 2.05) is 6.07 Å². The van der Waals surface area contributed by atoms with Crippen molar-refractivity contribution in [2.24, 2.45) is 11.8 Å². The van der Waals surface area contributed by atoms with Crippen LogP contribution in [0.4, 0.5) is 0 Å². The largest absolute Gasteiger partial charge is 0.393 e. The van der Waals surface area contributed by atoms with E-state index in [1.165, 1.54) is 4.31 Å². The number of aliphatic hydroxyl groups is 1. The van der Waals surface area contributed by atoms with Crippen LogP contribution in [-0.4, -0.2) is 37.0 Å². The van der Waals surface area contributed by atoms with Crippen LogP contribution in [0.5, 0.6) is 0 Å². The van der Waals surface area contributed by atoms with Crippen LogP contribution < -0.4 is 0 Å². The minimum Gasteiger partial charge on any atom is -0.393 e. The van der Waals surface area contributed by atoms with Crippen LogP contribution in [-0.2, 0) is 15.8 Å².